The summed E-state index contributed by atoms with van der Waals surface area (Å²) in [5, 5.41) is 15.9. The van der Waals surface area contributed by atoms with E-state index in [2.05, 4.69) is 30.5 Å². The van der Waals surface area contributed by atoms with Crippen molar-refractivity contribution in [3.63, 3.8) is 0 Å². The van der Waals surface area contributed by atoms with Gasteiger partial charge in [0.15, 0.2) is 5.11 Å². The lowest BCUT2D eigenvalue weighted by molar-refractivity contribution is 0.207. The molecule has 0 aromatic heterocycles. The summed E-state index contributed by atoms with van der Waals surface area (Å²) in [6.07, 6.45) is 0. The van der Waals surface area contributed by atoms with Crippen LogP contribution in [0.1, 0.15) is 25.0 Å². The molecule has 0 aliphatic rings. The van der Waals surface area contributed by atoms with Gasteiger partial charge in [0.25, 0.3) is 0 Å². The molecule has 17 heavy (non-hydrogen) atoms. The van der Waals surface area contributed by atoms with E-state index in [1.165, 1.54) is 11.1 Å². The average Bonchev–Trinajstić information content (AvgIpc) is 2.24. The number of aliphatic hydroxyl groups is 1. The van der Waals surface area contributed by atoms with Gasteiger partial charge in [-0.05, 0) is 57.1 Å². The van der Waals surface area contributed by atoms with Crippen LogP contribution >= 0.6 is 12.2 Å². The van der Waals surface area contributed by atoms with E-state index in [4.69, 9.17) is 17.3 Å². The van der Waals surface area contributed by atoms with Gasteiger partial charge in [0, 0.05) is 5.69 Å². The third-order valence-corrected chi connectivity index (χ3v) is 2.90. The van der Waals surface area contributed by atoms with Gasteiger partial charge < -0.3 is 15.7 Å². The Kier molecular flexibility index (Phi) is 4.48. The molecule has 1 rings (SSSR count). The van der Waals surface area contributed by atoms with Crippen molar-refractivity contribution in [1.29, 1.82) is 0 Å². The number of benzene rings is 1. The first-order valence-electron chi connectivity index (χ1n) is 5.62. The lowest BCUT2D eigenvalue weighted by Crippen LogP contribution is -2.48. The Morgan fingerprint density at radius 1 is 1.35 bits per heavy atom. The molecular weight excluding hydrogens is 232 g/mol. The van der Waals surface area contributed by atoms with Crippen LogP contribution in [0.2, 0.25) is 0 Å². The topological polar surface area (TPSA) is 44.3 Å². The van der Waals surface area contributed by atoms with Crippen molar-refractivity contribution in [3.8, 4) is 0 Å². The van der Waals surface area contributed by atoms with E-state index in [0.717, 1.165) is 5.69 Å². The predicted octanol–water partition coefficient (Wildman–Crippen LogP) is 2.36. The first kappa shape index (κ1) is 13.9. The number of thiocarbonyl (C=S) groups is 1. The number of anilines is 1. The average molecular weight is 252 g/mol. The first-order chi connectivity index (χ1) is 7.85. The van der Waals surface area contributed by atoms with Crippen molar-refractivity contribution < 1.29 is 5.11 Å². The highest BCUT2D eigenvalue weighted by Crippen LogP contribution is 2.18. The summed E-state index contributed by atoms with van der Waals surface area (Å²) in [6.45, 7) is 7.93. The molecule has 0 unspecified atom stereocenters. The van der Waals surface area contributed by atoms with Gasteiger partial charge in [-0.15, -0.1) is 0 Å². The number of hydrogen-bond donors (Lipinski definition) is 3. The van der Waals surface area contributed by atoms with Gasteiger partial charge in [0.1, 0.15) is 0 Å². The Bertz CT molecular complexity index is 416. The molecule has 3 N–H and O–H groups in total. The van der Waals surface area contributed by atoms with Crippen molar-refractivity contribution in [1.82, 2.24) is 5.32 Å². The number of rotatable bonds is 3. The van der Waals surface area contributed by atoms with Gasteiger partial charge in [-0.3, -0.25) is 0 Å². The third kappa shape index (κ3) is 3.98. The maximum atomic E-state index is 9.16. The number of aliphatic hydroxyl groups excluding tert-OH is 1. The molecule has 4 heteroatoms. The smallest absolute Gasteiger partial charge is 0.171 e. The lowest BCUT2D eigenvalue weighted by atomic mass is 10.1. The number of nitrogens with one attached hydrogen (secondary N) is 2. The summed E-state index contributed by atoms with van der Waals surface area (Å²) < 4.78 is 0. The van der Waals surface area contributed by atoms with Gasteiger partial charge in [-0.25, -0.2) is 0 Å². The second-order valence-electron chi connectivity index (χ2n) is 4.87. The minimum Gasteiger partial charge on any atom is -0.394 e. The zero-order chi connectivity index (χ0) is 13.1. The van der Waals surface area contributed by atoms with Crippen LogP contribution in [-0.2, 0) is 0 Å². The van der Waals surface area contributed by atoms with Gasteiger partial charge in [0.2, 0.25) is 0 Å². The molecule has 0 aliphatic carbocycles. The van der Waals surface area contributed by atoms with Crippen LogP contribution in [0.5, 0.6) is 0 Å². The standard InChI is InChI=1S/C13H20N2OS/c1-9-6-5-7-11(10(9)2)14-12(17)15-13(3,4)8-16/h5-7,16H,8H2,1-4H3,(H2,14,15,17). The molecular formula is C13H20N2OS. The number of hydrogen-bond acceptors (Lipinski definition) is 2. The fourth-order valence-electron chi connectivity index (χ4n) is 1.39. The van der Waals surface area contributed by atoms with Crippen LogP contribution in [0.3, 0.4) is 0 Å². The Morgan fingerprint density at radius 2 is 2.00 bits per heavy atom. The fraction of sp³-hybridized carbons (Fsp3) is 0.462. The molecule has 0 radical (unpaired) electrons. The number of aryl methyl sites for hydroxylation is 1. The summed E-state index contributed by atoms with van der Waals surface area (Å²) in [6, 6.07) is 6.04. The Balaban J connectivity index is 2.72. The highest BCUT2D eigenvalue weighted by molar-refractivity contribution is 7.80. The Morgan fingerprint density at radius 3 is 2.59 bits per heavy atom. The molecule has 0 saturated heterocycles. The second kappa shape index (κ2) is 5.47. The SMILES string of the molecule is Cc1cccc(NC(=S)NC(C)(C)CO)c1C. The zero-order valence-electron chi connectivity index (χ0n) is 10.8. The molecule has 3 nitrogen and oxygen atoms in total. The molecule has 94 valence electrons. The van der Waals surface area contributed by atoms with E-state index in [1.54, 1.807) is 0 Å². The molecule has 0 fully saturated rings. The second-order valence-corrected chi connectivity index (χ2v) is 5.28. The molecule has 0 heterocycles. The normalized spacial score (nSPS) is 11.1. The highest BCUT2D eigenvalue weighted by atomic mass is 32.1. The van der Waals surface area contributed by atoms with Crippen molar-refractivity contribution in [3.05, 3.63) is 29.3 Å². The lowest BCUT2D eigenvalue weighted by Gasteiger charge is -2.26. The summed E-state index contributed by atoms with van der Waals surface area (Å²) in [5.74, 6) is 0. The third-order valence-electron chi connectivity index (χ3n) is 2.70. The van der Waals surface area contributed by atoms with E-state index < -0.39 is 5.54 Å². The molecule has 1 aromatic carbocycles. The highest BCUT2D eigenvalue weighted by Gasteiger charge is 2.17. The van der Waals surface area contributed by atoms with Crippen molar-refractivity contribution >= 4 is 23.0 Å². The summed E-state index contributed by atoms with van der Waals surface area (Å²) >= 11 is 5.22. The minimum atomic E-state index is -0.415. The maximum Gasteiger partial charge on any atom is 0.171 e. The predicted molar refractivity (Wildman–Crippen MR) is 76.4 cm³/mol. The molecule has 0 atom stereocenters. The van der Waals surface area contributed by atoms with Crippen molar-refractivity contribution in [2.45, 2.75) is 33.2 Å². The van der Waals surface area contributed by atoms with E-state index in [-0.39, 0.29) is 6.61 Å². The van der Waals surface area contributed by atoms with Crippen LogP contribution in [0, 0.1) is 13.8 Å². The first-order valence-corrected chi connectivity index (χ1v) is 6.03. The summed E-state index contributed by atoms with van der Waals surface area (Å²) in [5.41, 5.74) is 2.98. The summed E-state index contributed by atoms with van der Waals surface area (Å²) in [4.78, 5) is 0. The fourth-order valence-corrected chi connectivity index (χ4v) is 1.77. The van der Waals surface area contributed by atoms with Crippen LogP contribution < -0.4 is 10.6 Å². The van der Waals surface area contributed by atoms with Crippen molar-refractivity contribution in [2.24, 2.45) is 0 Å². The van der Waals surface area contributed by atoms with Gasteiger partial charge in [-0.1, -0.05) is 12.1 Å². The van der Waals surface area contributed by atoms with Crippen LogP contribution in [0.15, 0.2) is 18.2 Å². The largest absolute Gasteiger partial charge is 0.394 e. The molecule has 0 bridgehead atoms. The van der Waals surface area contributed by atoms with Crippen LogP contribution in [0.25, 0.3) is 0 Å². The molecule has 1 aromatic rings. The van der Waals surface area contributed by atoms with E-state index in [0.29, 0.717) is 5.11 Å². The van der Waals surface area contributed by atoms with E-state index >= 15 is 0 Å². The van der Waals surface area contributed by atoms with Gasteiger partial charge >= 0.3 is 0 Å². The van der Waals surface area contributed by atoms with Gasteiger partial charge in [0.05, 0.1) is 12.1 Å². The maximum absolute atomic E-state index is 9.16. The Hall–Kier alpha value is -1.13. The molecule has 0 spiro atoms. The monoisotopic (exact) mass is 252 g/mol. The molecule has 0 amide bonds. The quantitative estimate of drug-likeness (QED) is 0.723. The minimum absolute atomic E-state index is 0.0294. The molecule has 0 aliphatic heterocycles. The van der Waals surface area contributed by atoms with Crippen LogP contribution in [0.4, 0.5) is 5.69 Å². The van der Waals surface area contributed by atoms with Crippen LogP contribution in [-0.4, -0.2) is 22.4 Å². The summed E-state index contributed by atoms with van der Waals surface area (Å²) in [7, 11) is 0. The van der Waals surface area contributed by atoms with Crippen molar-refractivity contribution in [2.75, 3.05) is 11.9 Å². The Labute approximate surface area is 108 Å². The van der Waals surface area contributed by atoms with E-state index in [9.17, 15) is 0 Å². The zero-order valence-corrected chi connectivity index (χ0v) is 11.6. The van der Waals surface area contributed by atoms with E-state index in [1.807, 2.05) is 26.0 Å². The van der Waals surface area contributed by atoms with Gasteiger partial charge in [-0.2, -0.15) is 0 Å². The molecule has 0 saturated carbocycles.